The van der Waals surface area contributed by atoms with E-state index < -0.39 is 66.1 Å². The van der Waals surface area contributed by atoms with E-state index in [2.05, 4.69) is 9.97 Å². The van der Waals surface area contributed by atoms with Crippen LogP contribution in [0.15, 0.2) is 152 Å². The largest absolute Gasteiger partial charge is 0.309 e. The quantitative estimate of drug-likeness (QED) is 0.192. The lowest BCUT2D eigenvalue weighted by molar-refractivity contribution is 0.629. The van der Waals surface area contributed by atoms with Gasteiger partial charge in [-0.25, -0.2) is 4.98 Å². The Balaban J connectivity index is 1.19. The molecular formula is C44H31N5. The van der Waals surface area contributed by atoms with Gasteiger partial charge in [0.25, 0.3) is 0 Å². The molecule has 5 heterocycles. The summed E-state index contributed by atoms with van der Waals surface area (Å²) in [6, 6.07) is 15.5. The van der Waals surface area contributed by atoms with E-state index in [9.17, 15) is 2.74 Å². The summed E-state index contributed by atoms with van der Waals surface area (Å²) in [6.07, 6.45) is -1.11. The van der Waals surface area contributed by atoms with Crippen molar-refractivity contribution in [1.82, 2.24) is 24.1 Å². The highest BCUT2D eigenvalue weighted by atomic mass is 15.1. The number of hydrogen-bond donors (Lipinski definition) is 0. The Hall–Kier alpha value is -6.33. The molecule has 232 valence electrons. The van der Waals surface area contributed by atoms with Gasteiger partial charge < -0.3 is 4.57 Å². The minimum Gasteiger partial charge on any atom is -0.309 e. The molecule has 0 bridgehead atoms. The lowest BCUT2D eigenvalue weighted by Gasteiger charge is -2.35. The third kappa shape index (κ3) is 4.09. The van der Waals surface area contributed by atoms with Crippen LogP contribution in [0.25, 0.3) is 78.1 Å². The van der Waals surface area contributed by atoms with Crippen molar-refractivity contribution in [3.8, 4) is 45.3 Å². The van der Waals surface area contributed by atoms with Gasteiger partial charge in [-0.2, -0.15) is 0 Å². The van der Waals surface area contributed by atoms with Gasteiger partial charge in [0.2, 0.25) is 0 Å². The van der Waals surface area contributed by atoms with Crippen molar-refractivity contribution < 1.29 is 19.2 Å². The van der Waals surface area contributed by atoms with Crippen molar-refractivity contribution in [3.63, 3.8) is 0 Å². The molecule has 5 heteroatoms. The Morgan fingerprint density at radius 1 is 0.612 bits per heavy atom. The van der Waals surface area contributed by atoms with Crippen molar-refractivity contribution in [3.05, 3.63) is 163 Å². The molecule has 1 aliphatic rings. The summed E-state index contributed by atoms with van der Waals surface area (Å²) < 4.78 is 123. The van der Waals surface area contributed by atoms with Gasteiger partial charge in [-0.05, 0) is 94.9 Å². The van der Waals surface area contributed by atoms with Gasteiger partial charge in [-0.1, -0.05) is 80.4 Å². The van der Waals surface area contributed by atoms with Crippen LogP contribution in [0.4, 0.5) is 0 Å². The Morgan fingerprint density at radius 2 is 1.41 bits per heavy atom. The molecule has 0 unspecified atom stereocenters. The summed E-state index contributed by atoms with van der Waals surface area (Å²) in [7, 11) is 0. The van der Waals surface area contributed by atoms with Crippen molar-refractivity contribution in [1.29, 1.82) is 0 Å². The van der Waals surface area contributed by atoms with Crippen molar-refractivity contribution >= 4 is 32.8 Å². The predicted octanol–water partition coefficient (Wildman–Crippen LogP) is 10.6. The van der Waals surface area contributed by atoms with Crippen molar-refractivity contribution in [2.24, 2.45) is 0 Å². The molecule has 0 amide bonds. The van der Waals surface area contributed by atoms with Crippen molar-refractivity contribution in [2.75, 3.05) is 0 Å². The average Bonchev–Trinajstić information content (AvgIpc) is 3.79. The molecule has 0 saturated heterocycles. The first-order valence-electron chi connectivity index (χ1n) is 22.6. The molecule has 10 rings (SSSR count). The molecule has 4 aromatic heterocycles. The first kappa shape index (κ1) is 17.2. The minimum atomic E-state index is -0.884. The van der Waals surface area contributed by atoms with E-state index in [1.165, 1.54) is 6.07 Å². The highest BCUT2D eigenvalue weighted by molar-refractivity contribution is 6.10. The fraction of sp³-hybridized carbons (Fsp3) is 0.0682. The van der Waals surface area contributed by atoms with Gasteiger partial charge in [-0.15, -0.1) is 0 Å². The van der Waals surface area contributed by atoms with E-state index in [1.807, 2.05) is 74.5 Å². The van der Waals surface area contributed by atoms with Crippen LogP contribution in [0, 0.1) is 0 Å². The lowest BCUT2D eigenvalue weighted by atomic mass is 9.74. The zero-order valence-electron chi connectivity index (χ0n) is 40.1. The summed E-state index contributed by atoms with van der Waals surface area (Å²) in [4.78, 5) is 13.0. The molecule has 0 N–H and O–H groups in total. The van der Waals surface area contributed by atoms with Gasteiger partial charge in [-0.3, -0.25) is 14.5 Å². The fourth-order valence-electron chi connectivity index (χ4n) is 7.01. The molecule has 1 aliphatic heterocycles. The summed E-state index contributed by atoms with van der Waals surface area (Å²) in [5, 5.41) is 1.58. The molecule has 0 spiro atoms. The Kier molecular flexibility index (Phi) is 3.62. The van der Waals surface area contributed by atoms with E-state index in [4.69, 9.17) is 21.4 Å². The van der Waals surface area contributed by atoms with E-state index in [0.29, 0.717) is 33.3 Å². The number of benzene rings is 5. The number of aromatic nitrogens is 5. The fourth-order valence-corrected chi connectivity index (χ4v) is 7.01. The zero-order chi connectivity index (χ0) is 44.9. The molecule has 0 aliphatic carbocycles. The van der Waals surface area contributed by atoms with Crippen LogP contribution >= 0.6 is 0 Å². The van der Waals surface area contributed by atoms with Crippen LogP contribution in [0.3, 0.4) is 0 Å². The van der Waals surface area contributed by atoms with E-state index in [-0.39, 0.29) is 52.6 Å². The van der Waals surface area contributed by atoms with E-state index in [0.717, 1.165) is 27.5 Å². The van der Waals surface area contributed by atoms with E-state index >= 15 is 0 Å². The number of fused-ring (bicyclic) bond motifs is 5. The molecule has 49 heavy (non-hydrogen) atoms. The number of rotatable bonds is 4. The average molecular weight is 644 g/mol. The first-order chi connectivity index (χ1) is 29.8. The maximum Gasteiger partial charge on any atom is 0.147 e. The molecule has 5 nitrogen and oxygen atoms in total. The third-order valence-corrected chi connectivity index (χ3v) is 9.30. The normalized spacial score (nSPS) is 17.3. The minimum absolute atomic E-state index is 0.0331. The topological polar surface area (TPSA) is 48.5 Å². The van der Waals surface area contributed by atoms with Crippen LogP contribution < -0.4 is 0 Å². The predicted molar refractivity (Wildman–Crippen MR) is 199 cm³/mol. The molecule has 9 aromatic rings. The maximum atomic E-state index is 9.18. The maximum absolute atomic E-state index is 9.18. The van der Waals surface area contributed by atoms with Gasteiger partial charge in [0.05, 0.1) is 58.3 Å². The number of para-hydroxylation sites is 3. The monoisotopic (exact) mass is 643 g/mol. The highest BCUT2D eigenvalue weighted by Gasteiger charge is 2.36. The molecule has 0 fully saturated rings. The Labute approximate surface area is 303 Å². The van der Waals surface area contributed by atoms with Gasteiger partial charge in [0.1, 0.15) is 5.82 Å². The summed E-state index contributed by atoms with van der Waals surface area (Å²) in [5.74, 6) is 0.0631. The molecule has 0 radical (unpaired) electrons. The number of imidazole rings is 1. The van der Waals surface area contributed by atoms with Gasteiger partial charge in [0, 0.05) is 39.8 Å². The third-order valence-electron chi connectivity index (χ3n) is 9.30. The smallest absolute Gasteiger partial charge is 0.147 e. The van der Waals surface area contributed by atoms with Gasteiger partial charge >= 0.3 is 0 Å². The van der Waals surface area contributed by atoms with Gasteiger partial charge in [0.15, 0.2) is 0 Å². The van der Waals surface area contributed by atoms with Crippen LogP contribution in [-0.2, 0) is 5.41 Å². The SMILES string of the molecule is [2H]c1cc2nc(-c3c([2H])nc(-c4nc([2H])c([2H])c([2H])c4[2H])c([2H])c3[2H])n3c2c(c1[2H])C(C)(C)c1cc(-c2ccc4c(c2)c2ccccc2n4-c2c([2H])c([2H])c([2H])c([2H])c2[2H])ccc1-3. The molecule has 5 aromatic carbocycles. The van der Waals surface area contributed by atoms with Crippen LogP contribution in [0.2, 0.25) is 0 Å². The molecular weight excluding hydrogens is 599 g/mol. The summed E-state index contributed by atoms with van der Waals surface area (Å²) in [5.41, 5.74) is 3.79. The lowest BCUT2D eigenvalue weighted by Crippen LogP contribution is -2.26. The molecule has 0 atom stereocenters. The Morgan fingerprint density at radius 3 is 2.33 bits per heavy atom. The Bertz CT molecular complexity index is 3530. The van der Waals surface area contributed by atoms with Crippen LogP contribution in [-0.4, -0.2) is 24.1 Å². The van der Waals surface area contributed by atoms with Crippen LogP contribution in [0.1, 0.15) is 44.2 Å². The number of pyridine rings is 2. The first-order valence-corrected chi connectivity index (χ1v) is 15.6. The second kappa shape index (κ2) is 10.3. The second-order valence-electron chi connectivity index (χ2n) is 12.4. The number of nitrogens with zero attached hydrogens (tertiary/aromatic N) is 5. The standard InChI is InChI=1S/C44H31N5/c1-44(2)34-14-10-16-38-42(34)49(43(47-38)30-18-21-37(46-27-30)36-15-8-9-24-45-36)41-23-20-29(26-35(41)44)28-19-22-40-33(25-28)32-13-6-7-17-39(32)48(40)31-11-4-3-5-12-31/h3-27H,1-2H3/i3D,4D,5D,8D,9D,10D,11D,12D,14D,15D,18D,21D,24D,27D. The van der Waals surface area contributed by atoms with E-state index in [1.54, 1.807) is 9.13 Å². The van der Waals surface area contributed by atoms with Crippen molar-refractivity contribution in [2.45, 2.75) is 19.3 Å². The summed E-state index contributed by atoms with van der Waals surface area (Å²) >= 11 is 0. The summed E-state index contributed by atoms with van der Waals surface area (Å²) in [6.45, 7) is 3.90. The van der Waals surface area contributed by atoms with Crippen LogP contribution in [0.5, 0.6) is 0 Å². The highest BCUT2D eigenvalue weighted by Crippen LogP contribution is 2.47. The number of hydrogen-bond acceptors (Lipinski definition) is 3. The molecule has 0 saturated carbocycles. The second-order valence-corrected chi connectivity index (χ2v) is 12.4. The zero-order valence-corrected chi connectivity index (χ0v) is 26.1.